The first kappa shape index (κ1) is 13.4. The zero-order valence-corrected chi connectivity index (χ0v) is 9.80. The first-order chi connectivity index (χ1) is 7.95. The van der Waals surface area contributed by atoms with E-state index >= 15 is 0 Å². The van der Waals surface area contributed by atoms with Crippen LogP contribution >= 0.6 is 0 Å². The average Bonchev–Trinajstić information content (AvgIpc) is 2.29. The van der Waals surface area contributed by atoms with Crippen LogP contribution in [-0.4, -0.2) is 12.6 Å². The van der Waals surface area contributed by atoms with Crippen molar-refractivity contribution in [1.29, 1.82) is 0 Å². The highest BCUT2D eigenvalue weighted by atomic mass is 19.3. The molecule has 0 amide bonds. The second kappa shape index (κ2) is 5.12. The molecule has 1 aromatic rings. The maximum Gasteiger partial charge on any atom is 0.382 e. The van der Waals surface area contributed by atoms with Gasteiger partial charge in [-0.15, -0.1) is 0 Å². The molecule has 3 nitrogen and oxygen atoms in total. The van der Waals surface area contributed by atoms with E-state index in [1.54, 1.807) is 13.0 Å². The molecule has 0 aromatic heterocycles. The van der Waals surface area contributed by atoms with Crippen LogP contribution in [0.25, 0.3) is 0 Å². The Morgan fingerprint density at radius 2 is 2.06 bits per heavy atom. The van der Waals surface area contributed by atoms with Gasteiger partial charge in [0.15, 0.2) is 0 Å². The van der Waals surface area contributed by atoms with Crippen LogP contribution < -0.4 is 5.73 Å². The zero-order valence-electron chi connectivity index (χ0n) is 9.80. The van der Waals surface area contributed by atoms with Crippen LogP contribution in [0, 0.1) is 0 Å². The number of alkyl halides is 2. The van der Waals surface area contributed by atoms with E-state index in [4.69, 9.17) is 5.73 Å². The van der Waals surface area contributed by atoms with Crippen molar-refractivity contribution in [1.82, 2.24) is 0 Å². The van der Waals surface area contributed by atoms with Crippen LogP contribution in [0.15, 0.2) is 18.2 Å². The Morgan fingerprint density at radius 1 is 1.41 bits per heavy atom. The van der Waals surface area contributed by atoms with E-state index in [1.165, 1.54) is 13.0 Å². The molecular weight excluding hydrogens is 228 g/mol. The number of ether oxygens (including phenoxy) is 1. The highest BCUT2D eigenvalue weighted by molar-refractivity contribution is 5.82. The van der Waals surface area contributed by atoms with Crippen LogP contribution in [0.2, 0.25) is 0 Å². The van der Waals surface area contributed by atoms with Crippen LogP contribution in [0.1, 0.15) is 25.0 Å². The number of nitrogen functional groups attached to an aromatic ring is 1. The quantitative estimate of drug-likeness (QED) is 0.653. The molecule has 0 saturated carbocycles. The number of anilines is 1. The highest BCUT2D eigenvalue weighted by Gasteiger charge is 2.44. The molecule has 0 aliphatic carbocycles. The predicted octanol–water partition coefficient (Wildman–Crippen LogP) is 2.49. The van der Waals surface area contributed by atoms with Crippen LogP contribution in [-0.2, 0) is 21.9 Å². The van der Waals surface area contributed by atoms with Crippen molar-refractivity contribution in [2.24, 2.45) is 0 Å². The molecule has 0 saturated heterocycles. The standard InChI is InChI=1S/C12H15F2NO2/c1-3-8-6-5-7-9(10(8)15)12(13,14)11(16)17-4-2/h5-7H,3-4,15H2,1-2H3. The Kier molecular flexibility index (Phi) is 4.04. The number of hydrogen-bond donors (Lipinski definition) is 1. The van der Waals surface area contributed by atoms with Gasteiger partial charge in [-0.2, -0.15) is 8.78 Å². The Bertz CT molecular complexity index is 419. The summed E-state index contributed by atoms with van der Waals surface area (Å²) in [5.74, 6) is -5.27. The predicted molar refractivity (Wildman–Crippen MR) is 60.8 cm³/mol. The second-order valence-corrected chi connectivity index (χ2v) is 3.53. The van der Waals surface area contributed by atoms with Gasteiger partial charge in [-0.3, -0.25) is 0 Å². The number of carbonyl (C=O) groups is 1. The minimum Gasteiger partial charge on any atom is -0.461 e. The van der Waals surface area contributed by atoms with Gasteiger partial charge in [-0.25, -0.2) is 4.79 Å². The Balaban J connectivity index is 3.19. The summed E-state index contributed by atoms with van der Waals surface area (Å²) in [6.07, 6.45) is 0.526. The summed E-state index contributed by atoms with van der Waals surface area (Å²) in [6.45, 7) is 3.18. The van der Waals surface area contributed by atoms with E-state index in [-0.39, 0.29) is 12.3 Å². The van der Waals surface area contributed by atoms with Crippen molar-refractivity contribution in [3.05, 3.63) is 29.3 Å². The molecule has 1 aromatic carbocycles. The van der Waals surface area contributed by atoms with Crippen molar-refractivity contribution >= 4 is 11.7 Å². The maximum atomic E-state index is 13.8. The number of benzene rings is 1. The molecule has 0 aliphatic rings. The summed E-state index contributed by atoms with van der Waals surface area (Å²) in [5, 5.41) is 0. The molecule has 1 rings (SSSR count). The minimum atomic E-state index is -3.70. The SMILES string of the molecule is CCOC(=O)C(F)(F)c1cccc(CC)c1N. The van der Waals surface area contributed by atoms with Crippen LogP contribution in [0.5, 0.6) is 0 Å². The molecule has 0 heterocycles. The van der Waals surface area contributed by atoms with Crippen molar-refractivity contribution in [3.63, 3.8) is 0 Å². The average molecular weight is 243 g/mol. The van der Waals surface area contributed by atoms with Gasteiger partial charge in [0.05, 0.1) is 12.2 Å². The second-order valence-electron chi connectivity index (χ2n) is 3.53. The summed E-state index contributed by atoms with van der Waals surface area (Å²) >= 11 is 0. The molecule has 0 radical (unpaired) electrons. The van der Waals surface area contributed by atoms with Crippen molar-refractivity contribution < 1.29 is 18.3 Å². The molecule has 17 heavy (non-hydrogen) atoms. The fraction of sp³-hybridized carbons (Fsp3) is 0.417. The summed E-state index contributed by atoms with van der Waals surface area (Å²) in [4.78, 5) is 11.2. The van der Waals surface area contributed by atoms with E-state index < -0.39 is 17.5 Å². The van der Waals surface area contributed by atoms with Crippen molar-refractivity contribution in [2.75, 3.05) is 12.3 Å². The number of rotatable bonds is 4. The molecule has 0 spiro atoms. The van der Waals surface area contributed by atoms with Gasteiger partial charge in [0, 0.05) is 5.69 Å². The zero-order chi connectivity index (χ0) is 13.1. The summed E-state index contributed by atoms with van der Waals surface area (Å²) in [6, 6.07) is 4.25. The van der Waals surface area contributed by atoms with Crippen molar-refractivity contribution in [3.8, 4) is 0 Å². The molecule has 2 N–H and O–H groups in total. The first-order valence-electron chi connectivity index (χ1n) is 5.38. The molecule has 5 heteroatoms. The van der Waals surface area contributed by atoms with Gasteiger partial charge in [0.2, 0.25) is 0 Å². The van der Waals surface area contributed by atoms with Gasteiger partial charge in [-0.1, -0.05) is 25.1 Å². The van der Waals surface area contributed by atoms with Crippen molar-refractivity contribution in [2.45, 2.75) is 26.2 Å². The number of esters is 1. The third-order valence-corrected chi connectivity index (χ3v) is 2.45. The Hall–Kier alpha value is -1.65. The molecule has 94 valence electrons. The van der Waals surface area contributed by atoms with E-state index in [0.717, 1.165) is 6.07 Å². The monoisotopic (exact) mass is 243 g/mol. The number of nitrogens with two attached hydrogens (primary N) is 1. The fourth-order valence-corrected chi connectivity index (χ4v) is 1.53. The fourth-order valence-electron chi connectivity index (χ4n) is 1.53. The summed E-state index contributed by atoms with van der Waals surface area (Å²) in [5.41, 5.74) is 5.68. The number of halogens is 2. The lowest BCUT2D eigenvalue weighted by Crippen LogP contribution is -2.29. The normalized spacial score (nSPS) is 11.3. The topological polar surface area (TPSA) is 52.3 Å². The number of carbonyl (C=O) groups excluding carboxylic acids is 1. The molecule has 0 aliphatic heterocycles. The molecule has 0 bridgehead atoms. The van der Waals surface area contributed by atoms with Gasteiger partial charge in [-0.05, 0) is 18.9 Å². The minimum absolute atomic E-state index is 0.0481. The smallest absolute Gasteiger partial charge is 0.382 e. The lowest BCUT2D eigenvalue weighted by atomic mass is 10.0. The number of aryl methyl sites for hydroxylation is 1. The van der Waals surface area contributed by atoms with Gasteiger partial charge in [0.25, 0.3) is 0 Å². The third-order valence-electron chi connectivity index (χ3n) is 2.45. The summed E-state index contributed by atoms with van der Waals surface area (Å²) < 4.78 is 31.9. The number of para-hydroxylation sites is 1. The highest BCUT2D eigenvalue weighted by Crippen LogP contribution is 2.35. The van der Waals surface area contributed by atoms with Gasteiger partial charge >= 0.3 is 11.9 Å². The van der Waals surface area contributed by atoms with E-state index in [2.05, 4.69) is 4.74 Å². The first-order valence-corrected chi connectivity index (χ1v) is 5.38. The number of hydrogen-bond acceptors (Lipinski definition) is 3. The van der Waals surface area contributed by atoms with Gasteiger partial charge < -0.3 is 10.5 Å². The third kappa shape index (κ3) is 2.54. The van der Waals surface area contributed by atoms with E-state index in [0.29, 0.717) is 12.0 Å². The Labute approximate surface area is 98.6 Å². The molecule has 0 fully saturated rings. The van der Waals surface area contributed by atoms with Crippen LogP contribution in [0.3, 0.4) is 0 Å². The lowest BCUT2D eigenvalue weighted by Gasteiger charge is -2.18. The van der Waals surface area contributed by atoms with Gasteiger partial charge in [0.1, 0.15) is 0 Å². The maximum absolute atomic E-state index is 13.8. The lowest BCUT2D eigenvalue weighted by molar-refractivity contribution is -0.173. The van der Waals surface area contributed by atoms with E-state index in [1.807, 2.05) is 0 Å². The summed E-state index contributed by atoms with van der Waals surface area (Å²) in [7, 11) is 0. The Morgan fingerprint density at radius 3 is 2.59 bits per heavy atom. The van der Waals surface area contributed by atoms with Crippen LogP contribution in [0.4, 0.5) is 14.5 Å². The molecule has 0 unspecified atom stereocenters. The molecule has 0 atom stereocenters. The molecular formula is C12H15F2NO2. The largest absolute Gasteiger partial charge is 0.461 e. The van der Waals surface area contributed by atoms with E-state index in [9.17, 15) is 13.6 Å².